The second kappa shape index (κ2) is 5.70. The van der Waals surface area contributed by atoms with Crippen LogP contribution in [0, 0.1) is 17.6 Å². The summed E-state index contributed by atoms with van der Waals surface area (Å²) in [5.41, 5.74) is 0.196. The van der Waals surface area contributed by atoms with E-state index in [1.54, 1.807) is 7.11 Å². The second-order valence-electron chi connectivity index (χ2n) is 3.82. The molecule has 1 atom stereocenters. The smallest absolute Gasteiger partial charge is 0.163 e. The molecule has 1 rings (SSSR count). The van der Waals surface area contributed by atoms with Crippen LogP contribution < -0.4 is 0 Å². The fourth-order valence-corrected chi connectivity index (χ4v) is 1.45. The van der Waals surface area contributed by atoms with Gasteiger partial charge < -0.3 is 4.74 Å². The number of halogens is 2. The highest BCUT2D eigenvalue weighted by Gasteiger charge is 2.13. The van der Waals surface area contributed by atoms with Gasteiger partial charge in [0.1, 0.15) is 0 Å². The summed E-state index contributed by atoms with van der Waals surface area (Å²) in [5.74, 6) is -2.08. The van der Waals surface area contributed by atoms with Gasteiger partial charge in [-0.1, -0.05) is 6.92 Å². The molecule has 4 heteroatoms. The highest BCUT2D eigenvalue weighted by molar-refractivity contribution is 5.96. The third-order valence-corrected chi connectivity index (χ3v) is 2.23. The Balaban J connectivity index is 2.69. The summed E-state index contributed by atoms with van der Waals surface area (Å²) in [4.78, 5) is 11.6. The van der Waals surface area contributed by atoms with Gasteiger partial charge in [-0.25, -0.2) is 8.78 Å². The number of methoxy groups -OCH3 is 1. The van der Waals surface area contributed by atoms with Crippen molar-refractivity contribution < 1.29 is 18.3 Å². The first-order valence-corrected chi connectivity index (χ1v) is 5.01. The van der Waals surface area contributed by atoms with Gasteiger partial charge in [0.2, 0.25) is 0 Å². The molecule has 0 radical (unpaired) electrons. The highest BCUT2D eigenvalue weighted by Crippen LogP contribution is 2.13. The molecule has 0 heterocycles. The van der Waals surface area contributed by atoms with Gasteiger partial charge in [0, 0.05) is 25.7 Å². The van der Waals surface area contributed by atoms with Crippen LogP contribution in [-0.2, 0) is 4.74 Å². The Labute approximate surface area is 93.2 Å². The monoisotopic (exact) mass is 228 g/mol. The Bertz CT molecular complexity index is 377. The molecule has 0 aromatic heterocycles. The Hall–Kier alpha value is -1.29. The van der Waals surface area contributed by atoms with Crippen LogP contribution in [0.5, 0.6) is 0 Å². The summed E-state index contributed by atoms with van der Waals surface area (Å²) in [7, 11) is 1.55. The van der Waals surface area contributed by atoms with E-state index in [0.29, 0.717) is 6.61 Å². The van der Waals surface area contributed by atoms with Crippen molar-refractivity contribution in [1.29, 1.82) is 0 Å². The Morgan fingerprint density at radius 1 is 1.38 bits per heavy atom. The maximum atomic E-state index is 12.9. The van der Waals surface area contributed by atoms with Gasteiger partial charge in [-0.05, 0) is 24.1 Å². The van der Waals surface area contributed by atoms with Gasteiger partial charge in [-0.15, -0.1) is 0 Å². The molecule has 0 N–H and O–H groups in total. The van der Waals surface area contributed by atoms with E-state index in [0.717, 1.165) is 12.1 Å². The fraction of sp³-hybridized carbons (Fsp3) is 0.417. The summed E-state index contributed by atoms with van der Waals surface area (Å²) in [5, 5.41) is 0. The van der Waals surface area contributed by atoms with Crippen LogP contribution >= 0.6 is 0 Å². The quantitative estimate of drug-likeness (QED) is 0.724. The summed E-state index contributed by atoms with van der Waals surface area (Å²) >= 11 is 0. The maximum absolute atomic E-state index is 12.9. The topological polar surface area (TPSA) is 26.3 Å². The van der Waals surface area contributed by atoms with Crippen molar-refractivity contribution in [2.45, 2.75) is 13.3 Å². The minimum atomic E-state index is -0.995. The van der Waals surface area contributed by atoms with Crippen molar-refractivity contribution in [3.8, 4) is 0 Å². The van der Waals surface area contributed by atoms with E-state index in [9.17, 15) is 13.6 Å². The van der Waals surface area contributed by atoms with Gasteiger partial charge >= 0.3 is 0 Å². The lowest BCUT2D eigenvalue weighted by Gasteiger charge is -2.09. The van der Waals surface area contributed by atoms with Crippen LogP contribution in [0.3, 0.4) is 0 Å². The van der Waals surface area contributed by atoms with Crippen molar-refractivity contribution in [3.05, 3.63) is 35.4 Å². The molecule has 1 aromatic rings. The van der Waals surface area contributed by atoms with E-state index < -0.39 is 11.6 Å². The van der Waals surface area contributed by atoms with Crippen LogP contribution in [-0.4, -0.2) is 19.5 Å². The molecule has 0 saturated heterocycles. The zero-order chi connectivity index (χ0) is 12.1. The summed E-state index contributed by atoms with van der Waals surface area (Å²) < 4.78 is 30.4. The van der Waals surface area contributed by atoms with Crippen LogP contribution in [0.2, 0.25) is 0 Å². The molecule has 2 nitrogen and oxygen atoms in total. The van der Waals surface area contributed by atoms with E-state index in [4.69, 9.17) is 4.74 Å². The summed E-state index contributed by atoms with van der Waals surface area (Å²) in [6, 6.07) is 3.18. The number of rotatable bonds is 5. The molecule has 0 bridgehead atoms. The van der Waals surface area contributed by atoms with Gasteiger partial charge in [0.25, 0.3) is 0 Å². The molecule has 1 aromatic carbocycles. The molecular weight excluding hydrogens is 214 g/mol. The van der Waals surface area contributed by atoms with E-state index >= 15 is 0 Å². The van der Waals surface area contributed by atoms with Crippen molar-refractivity contribution in [1.82, 2.24) is 0 Å². The van der Waals surface area contributed by atoms with E-state index in [1.807, 2.05) is 6.92 Å². The van der Waals surface area contributed by atoms with Gasteiger partial charge in [-0.3, -0.25) is 4.79 Å². The molecule has 16 heavy (non-hydrogen) atoms. The van der Waals surface area contributed by atoms with Crippen LogP contribution in [0.25, 0.3) is 0 Å². The third-order valence-electron chi connectivity index (χ3n) is 2.23. The minimum absolute atomic E-state index is 0.0608. The second-order valence-corrected chi connectivity index (χ2v) is 3.82. The van der Waals surface area contributed by atoms with Crippen molar-refractivity contribution in [3.63, 3.8) is 0 Å². The molecule has 0 aliphatic rings. The maximum Gasteiger partial charge on any atom is 0.163 e. The Morgan fingerprint density at radius 2 is 2.06 bits per heavy atom. The number of Topliss-reactive ketones (excluding diaryl/α,β-unsaturated/α-hetero) is 1. The number of ketones is 1. The minimum Gasteiger partial charge on any atom is -0.384 e. The molecule has 0 fully saturated rings. The SMILES string of the molecule is COCC(C)CC(=O)c1ccc(F)c(F)c1. The lowest BCUT2D eigenvalue weighted by atomic mass is 10.0. The standard InChI is InChI=1S/C12H14F2O2/c1-8(7-16-2)5-12(15)9-3-4-10(13)11(14)6-9/h3-4,6,8H,5,7H2,1-2H3. The molecule has 0 amide bonds. The van der Waals surface area contributed by atoms with Gasteiger partial charge in [0.05, 0.1) is 0 Å². The predicted molar refractivity (Wildman–Crippen MR) is 56.3 cm³/mol. The average molecular weight is 228 g/mol. The van der Waals surface area contributed by atoms with Crippen LogP contribution in [0.15, 0.2) is 18.2 Å². The average Bonchev–Trinajstić information content (AvgIpc) is 2.22. The predicted octanol–water partition coefficient (Wildman–Crippen LogP) is 2.82. The number of hydrogen-bond donors (Lipinski definition) is 0. The molecule has 88 valence electrons. The first-order valence-electron chi connectivity index (χ1n) is 5.01. The molecule has 0 spiro atoms. The van der Waals surface area contributed by atoms with E-state index in [-0.39, 0.29) is 23.7 Å². The summed E-state index contributed by atoms with van der Waals surface area (Å²) in [6.45, 7) is 2.33. The molecule has 1 unspecified atom stereocenters. The third kappa shape index (κ3) is 3.38. The van der Waals surface area contributed by atoms with Crippen molar-refractivity contribution in [2.75, 3.05) is 13.7 Å². The number of ether oxygens (including phenoxy) is 1. The molecule has 0 aliphatic heterocycles. The Morgan fingerprint density at radius 3 is 2.62 bits per heavy atom. The summed E-state index contributed by atoms with van der Waals surface area (Å²) in [6.07, 6.45) is 0.263. The highest BCUT2D eigenvalue weighted by atomic mass is 19.2. The number of carbonyl (C=O) groups is 1. The van der Waals surface area contributed by atoms with E-state index in [1.165, 1.54) is 6.07 Å². The van der Waals surface area contributed by atoms with E-state index in [2.05, 4.69) is 0 Å². The number of hydrogen-bond acceptors (Lipinski definition) is 2. The zero-order valence-corrected chi connectivity index (χ0v) is 9.30. The number of carbonyl (C=O) groups excluding carboxylic acids is 1. The molecule has 0 aliphatic carbocycles. The number of benzene rings is 1. The van der Waals surface area contributed by atoms with Gasteiger partial charge in [-0.2, -0.15) is 0 Å². The Kier molecular flexibility index (Phi) is 4.55. The van der Waals surface area contributed by atoms with Crippen LogP contribution in [0.4, 0.5) is 8.78 Å². The first kappa shape index (κ1) is 12.8. The lowest BCUT2D eigenvalue weighted by molar-refractivity contribution is 0.0919. The van der Waals surface area contributed by atoms with Crippen molar-refractivity contribution >= 4 is 5.78 Å². The van der Waals surface area contributed by atoms with Crippen LogP contribution in [0.1, 0.15) is 23.7 Å². The van der Waals surface area contributed by atoms with Gasteiger partial charge in [0.15, 0.2) is 17.4 Å². The molecule has 0 saturated carbocycles. The molecular formula is C12H14F2O2. The normalized spacial score (nSPS) is 12.5. The first-order chi connectivity index (χ1) is 7.54. The zero-order valence-electron chi connectivity index (χ0n) is 9.30. The van der Waals surface area contributed by atoms with Crippen molar-refractivity contribution in [2.24, 2.45) is 5.92 Å². The fourth-order valence-electron chi connectivity index (χ4n) is 1.45. The lowest BCUT2D eigenvalue weighted by Crippen LogP contribution is -2.11. The largest absolute Gasteiger partial charge is 0.384 e.